The van der Waals surface area contributed by atoms with Crippen LogP contribution in [0.1, 0.15) is 54.5 Å². The van der Waals surface area contributed by atoms with E-state index in [1.807, 2.05) is 30.7 Å². The predicted octanol–water partition coefficient (Wildman–Crippen LogP) is 2.28. The first-order chi connectivity index (χ1) is 12.6. The van der Waals surface area contributed by atoms with Gasteiger partial charge in [0, 0.05) is 37.4 Å². The van der Waals surface area contributed by atoms with Crippen molar-refractivity contribution in [3.8, 4) is 0 Å². The number of nitrogens with one attached hydrogen (secondary N) is 1. The van der Waals surface area contributed by atoms with Crippen molar-refractivity contribution < 1.29 is 9.53 Å². The molecule has 1 fully saturated rings. The number of nitrogens with zero attached hydrogens (tertiary/aromatic N) is 4. The molecule has 3 rings (SSSR count). The zero-order chi connectivity index (χ0) is 18.4. The molecular weight excluding hydrogens is 330 g/mol. The molecule has 140 valence electrons. The van der Waals surface area contributed by atoms with E-state index in [0.29, 0.717) is 19.6 Å². The summed E-state index contributed by atoms with van der Waals surface area (Å²) >= 11 is 0. The fraction of sp³-hybridized carbons (Fsp3) is 0.579. The van der Waals surface area contributed by atoms with Crippen LogP contribution >= 0.6 is 0 Å². The molecule has 1 N–H and O–H groups in total. The van der Waals surface area contributed by atoms with Crippen LogP contribution in [0.25, 0.3) is 0 Å². The maximum Gasteiger partial charge on any atom is 0.220 e. The zero-order valence-electron chi connectivity index (χ0n) is 15.6. The Kier molecular flexibility index (Phi) is 6.33. The van der Waals surface area contributed by atoms with Gasteiger partial charge in [0.15, 0.2) is 0 Å². The van der Waals surface area contributed by atoms with E-state index in [-0.39, 0.29) is 11.8 Å². The number of aryl methyl sites for hydroxylation is 3. The maximum absolute atomic E-state index is 12.1. The minimum Gasteiger partial charge on any atom is -0.381 e. The van der Waals surface area contributed by atoms with E-state index in [0.717, 1.165) is 55.3 Å². The van der Waals surface area contributed by atoms with E-state index in [2.05, 4.69) is 20.4 Å². The van der Waals surface area contributed by atoms with Crippen LogP contribution in [0.15, 0.2) is 18.3 Å². The number of carbonyl (C=O) groups is 1. The first-order valence-corrected chi connectivity index (χ1v) is 9.29. The van der Waals surface area contributed by atoms with Crippen LogP contribution in [-0.2, 0) is 22.6 Å². The minimum atomic E-state index is 0.0349. The van der Waals surface area contributed by atoms with Crippen molar-refractivity contribution in [2.75, 3.05) is 13.2 Å². The lowest BCUT2D eigenvalue weighted by Crippen LogP contribution is -2.24. The average molecular weight is 357 g/mol. The predicted molar refractivity (Wildman–Crippen MR) is 97.6 cm³/mol. The number of rotatable bonds is 7. The van der Waals surface area contributed by atoms with Crippen LogP contribution in [0.2, 0.25) is 0 Å². The molecular formula is C19H27N5O2. The zero-order valence-corrected chi connectivity index (χ0v) is 15.6. The minimum absolute atomic E-state index is 0.0349. The van der Waals surface area contributed by atoms with Crippen molar-refractivity contribution in [1.29, 1.82) is 0 Å². The van der Waals surface area contributed by atoms with E-state index in [1.54, 1.807) is 6.20 Å². The van der Waals surface area contributed by atoms with Gasteiger partial charge in [0.1, 0.15) is 5.82 Å². The van der Waals surface area contributed by atoms with Gasteiger partial charge >= 0.3 is 0 Å². The molecule has 0 bridgehead atoms. The molecule has 7 heteroatoms. The molecule has 3 heterocycles. The molecule has 1 saturated heterocycles. The number of hydrogen-bond acceptors (Lipinski definition) is 5. The van der Waals surface area contributed by atoms with Gasteiger partial charge in [-0.3, -0.25) is 9.48 Å². The summed E-state index contributed by atoms with van der Waals surface area (Å²) in [5.74, 6) is 1.12. The summed E-state index contributed by atoms with van der Waals surface area (Å²) in [7, 11) is 0. The molecule has 0 aliphatic carbocycles. The highest BCUT2D eigenvalue weighted by atomic mass is 16.5. The fourth-order valence-corrected chi connectivity index (χ4v) is 3.22. The molecule has 0 radical (unpaired) electrons. The first kappa shape index (κ1) is 18.5. The van der Waals surface area contributed by atoms with Crippen LogP contribution in [0.4, 0.5) is 0 Å². The number of carbonyl (C=O) groups excluding carboxylic acids is 1. The van der Waals surface area contributed by atoms with Crippen LogP contribution in [0.5, 0.6) is 0 Å². The normalized spacial score (nSPS) is 17.2. The fourth-order valence-electron chi connectivity index (χ4n) is 3.22. The molecule has 0 spiro atoms. The second-order valence-corrected chi connectivity index (χ2v) is 6.85. The number of ether oxygens (including phenoxy) is 1. The van der Waals surface area contributed by atoms with Crippen LogP contribution in [0, 0.1) is 13.8 Å². The highest BCUT2D eigenvalue weighted by Crippen LogP contribution is 2.22. The summed E-state index contributed by atoms with van der Waals surface area (Å²) in [6.07, 6.45) is 5.11. The molecule has 2 aromatic rings. The van der Waals surface area contributed by atoms with Gasteiger partial charge in [-0.25, -0.2) is 9.97 Å². The van der Waals surface area contributed by atoms with Crippen LogP contribution < -0.4 is 5.32 Å². The standard InChI is InChI=1S/C19H27N5O2/c1-14-11-15(2)24(23-14)9-3-6-18(25)21-12-17-7-8-20-19(22-17)16-5-4-10-26-13-16/h7-8,11,16H,3-6,9-10,12-13H2,1-2H3,(H,21,25)/t16-/m1/s1. The molecule has 0 saturated carbocycles. The molecule has 0 unspecified atom stereocenters. The SMILES string of the molecule is Cc1cc(C)n(CCCC(=O)NCc2ccnc([C@@H]3CCCOC3)n2)n1. The number of amides is 1. The monoisotopic (exact) mass is 357 g/mol. The van der Waals surface area contributed by atoms with Gasteiger partial charge < -0.3 is 10.1 Å². The maximum atomic E-state index is 12.1. The first-order valence-electron chi connectivity index (χ1n) is 9.29. The Morgan fingerprint density at radius 2 is 2.31 bits per heavy atom. The summed E-state index contributed by atoms with van der Waals surface area (Å²) in [4.78, 5) is 21.0. The van der Waals surface area contributed by atoms with Crippen molar-refractivity contribution in [1.82, 2.24) is 25.1 Å². The Morgan fingerprint density at radius 3 is 3.04 bits per heavy atom. The third-order valence-electron chi connectivity index (χ3n) is 4.60. The summed E-state index contributed by atoms with van der Waals surface area (Å²) in [5, 5.41) is 7.36. The molecule has 0 aromatic carbocycles. The summed E-state index contributed by atoms with van der Waals surface area (Å²) < 4.78 is 7.46. The molecule has 1 amide bonds. The topological polar surface area (TPSA) is 81.9 Å². The van der Waals surface area contributed by atoms with Crippen molar-refractivity contribution in [3.05, 3.63) is 41.2 Å². The second-order valence-electron chi connectivity index (χ2n) is 6.85. The summed E-state index contributed by atoms with van der Waals surface area (Å²) in [6.45, 7) is 6.70. The molecule has 2 aromatic heterocycles. The lowest BCUT2D eigenvalue weighted by Gasteiger charge is -2.20. The second kappa shape index (κ2) is 8.89. The third-order valence-corrected chi connectivity index (χ3v) is 4.60. The molecule has 26 heavy (non-hydrogen) atoms. The van der Waals surface area contributed by atoms with Crippen molar-refractivity contribution in [2.24, 2.45) is 0 Å². The number of aromatic nitrogens is 4. The Bertz CT molecular complexity index is 737. The molecule has 7 nitrogen and oxygen atoms in total. The highest BCUT2D eigenvalue weighted by molar-refractivity contribution is 5.75. The third kappa shape index (κ3) is 5.11. The summed E-state index contributed by atoms with van der Waals surface area (Å²) in [5.41, 5.74) is 2.98. The largest absolute Gasteiger partial charge is 0.381 e. The van der Waals surface area contributed by atoms with Gasteiger partial charge in [-0.1, -0.05) is 0 Å². The van der Waals surface area contributed by atoms with Crippen LogP contribution in [0.3, 0.4) is 0 Å². The Morgan fingerprint density at radius 1 is 1.42 bits per heavy atom. The lowest BCUT2D eigenvalue weighted by atomic mass is 10.0. The Hall–Kier alpha value is -2.28. The van der Waals surface area contributed by atoms with E-state index < -0.39 is 0 Å². The molecule has 1 aliphatic rings. The van der Waals surface area contributed by atoms with Gasteiger partial charge in [-0.05, 0) is 45.2 Å². The van der Waals surface area contributed by atoms with Gasteiger partial charge in [0.25, 0.3) is 0 Å². The molecule has 1 aliphatic heterocycles. The van der Waals surface area contributed by atoms with E-state index >= 15 is 0 Å². The van der Waals surface area contributed by atoms with Gasteiger partial charge in [0.05, 0.1) is 24.5 Å². The molecule has 1 atom stereocenters. The van der Waals surface area contributed by atoms with Crippen molar-refractivity contribution >= 4 is 5.91 Å². The van der Waals surface area contributed by atoms with Crippen LogP contribution in [-0.4, -0.2) is 38.9 Å². The van der Waals surface area contributed by atoms with Gasteiger partial charge in [0.2, 0.25) is 5.91 Å². The van der Waals surface area contributed by atoms with Crippen molar-refractivity contribution in [3.63, 3.8) is 0 Å². The van der Waals surface area contributed by atoms with Gasteiger partial charge in [-0.15, -0.1) is 0 Å². The Labute approximate surface area is 154 Å². The number of hydrogen-bond donors (Lipinski definition) is 1. The lowest BCUT2D eigenvalue weighted by molar-refractivity contribution is -0.121. The van der Waals surface area contributed by atoms with Gasteiger partial charge in [-0.2, -0.15) is 5.10 Å². The van der Waals surface area contributed by atoms with E-state index in [9.17, 15) is 4.79 Å². The van der Waals surface area contributed by atoms with Crippen molar-refractivity contribution in [2.45, 2.75) is 58.5 Å². The Balaban J connectivity index is 1.43. The smallest absolute Gasteiger partial charge is 0.220 e. The highest BCUT2D eigenvalue weighted by Gasteiger charge is 2.18. The average Bonchev–Trinajstić information content (AvgIpc) is 2.98. The van der Waals surface area contributed by atoms with E-state index in [1.165, 1.54) is 0 Å². The quantitative estimate of drug-likeness (QED) is 0.822. The van der Waals surface area contributed by atoms with E-state index in [4.69, 9.17) is 4.74 Å². The summed E-state index contributed by atoms with van der Waals surface area (Å²) in [6, 6.07) is 3.90.